The summed E-state index contributed by atoms with van der Waals surface area (Å²) in [5.41, 5.74) is -0.250. The minimum Gasteiger partial charge on any atom is -0.469 e. The largest absolute Gasteiger partial charge is 0.494 e. The van der Waals surface area contributed by atoms with Crippen molar-refractivity contribution in [2.45, 2.75) is 18.9 Å². The molecule has 7 heteroatoms. The third kappa shape index (κ3) is 4.78. The zero-order chi connectivity index (χ0) is 13.8. The number of hydrogen-bond acceptors (Lipinski definition) is 3. The highest BCUT2D eigenvalue weighted by Crippen LogP contribution is 2.37. The monoisotopic (exact) mass is 326 g/mol. The summed E-state index contributed by atoms with van der Waals surface area (Å²) in [6.07, 6.45) is -3.37. The summed E-state index contributed by atoms with van der Waals surface area (Å²) in [5.74, 6) is -0.426. The molecule has 0 aliphatic carbocycles. The van der Waals surface area contributed by atoms with E-state index in [1.165, 1.54) is 7.11 Å². The lowest BCUT2D eigenvalue weighted by Gasteiger charge is -2.32. The Balaban J connectivity index is 3.05. The van der Waals surface area contributed by atoms with Crippen LogP contribution in [0.1, 0.15) is 18.9 Å². The maximum absolute atomic E-state index is 11.5. The van der Waals surface area contributed by atoms with E-state index in [2.05, 4.69) is 4.74 Å². The van der Waals surface area contributed by atoms with Gasteiger partial charge in [0, 0.05) is 0 Å². The molecule has 1 aromatic carbocycles. The van der Waals surface area contributed by atoms with Gasteiger partial charge in [0.25, 0.3) is 0 Å². The molecule has 1 rings (SSSR count). The zero-order valence-corrected chi connectivity index (χ0v) is 13.2. The number of halogens is 3. The Kier molecular flexibility index (Phi) is 5.49. The van der Waals surface area contributed by atoms with Crippen molar-refractivity contribution in [2.24, 2.45) is 0 Å². The van der Waals surface area contributed by atoms with Crippen LogP contribution in [0.5, 0.6) is 0 Å². The molecule has 1 unspecified atom stereocenters. The summed E-state index contributed by atoms with van der Waals surface area (Å²) >= 11 is 17.4. The van der Waals surface area contributed by atoms with Gasteiger partial charge in [0.2, 0.25) is 0 Å². The molecule has 100 valence electrons. The molecular formula is C11H13Cl3O3Si. The van der Waals surface area contributed by atoms with Crippen LogP contribution >= 0.6 is 33.2 Å². The molecule has 0 spiro atoms. The lowest BCUT2D eigenvalue weighted by molar-refractivity contribution is -0.145. The molecule has 0 heterocycles. The van der Waals surface area contributed by atoms with Crippen molar-refractivity contribution in [2.75, 3.05) is 7.11 Å². The van der Waals surface area contributed by atoms with E-state index in [9.17, 15) is 4.79 Å². The van der Waals surface area contributed by atoms with Gasteiger partial charge in [-0.3, -0.25) is 4.79 Å². The fourth-order valence-corrected chi connectivity index (χ4v) is 3.82. The quantitative estimate of drug-likeness (QED) is 0.470. The van der Waals surface area contributed by atoms with Gasteiger partial charge in [-0.2, -0.15) is 0 Å². The number of carbonyl (C=O) groups excluding carboxylic acids is 1. The molecule has 0 amide bonds. The molecule has 1 aromatic rings. The Morgan fingerprint density at radius 2 is 1.83 bits per heavy atom. The van der Waals surface area contributed by atoms with E-state index in [1.807, 2.05) is 30.3 Å². The fourth-order valence-electron chi connectivity index (χ4n) is 1.59. The van der Waals surface area contributed by atoms with E-state index < -0.39 is 17.8 Å². The number of methoxy groups -OCH3 is 1. The van der Waals surface area contributed by atoms with Gasteiger partial charge in [0.15, 0.2) is 0 Å². The fraction of sp³-hybridized carbons (Fsp3) is 0.364. The van der Waals surface area contributed by atoms with Gasteiger partial charge < -0.3 is 9.16 Å². The smallest absolute Gasteiger partial charge is 0.469 e. The predicted octanol–water partition coefficient (Wildman–Crippen LogP) is 3.63. The minimum absolute atomic E-state index is 0.0194. The number of hydrogen-bond donors (Lipinski definition) is 0. The Morgan fingerprint density at radius 3 is 2.28 bits per heavy atom. The maximum atomic E-state index is 11.5. The molecule has 1 atom stereocenters. The zero-order valence-electron chi connectivity index (χ0n) is 9.95. The van der Waals surface area contributed by atoms with E-state index in [-0.39, 0.29) is 6.42 Å². The molecule has 0 aliphatic rings. The van der Waals surface area contributed by atoms with Crippen LogP contribution in [0.15, 0.2) is 30.3 Å². The summed E-state index contributed by atoms with van der Waals surface area (Å²) in [6, 6.07) is 9.14. The molecule has 0 N–H and O–H groups in total. The van der Waals surface area contributed by atoms with Crippen LogP contribution in [0.25, 0.3) is 0 Å². The van der Waals surface area contributed by atoms with Gasteiger partial charge in [-0.15, -0.1) is 0 Å². The Labute approximate surface area is 121 Å². The Morgan fingerprint density at radius 1 is 1.28 bits per heavy atom. The van der Waals surface area contributed by atoms with Crippen molar-refractivity contribution < 1.29 is 14.0 Å². The van der Waals surface area contributed by atoms with Crippen LogP contribution in [0, 0.1) is 0 Å². The van der Waals surface area contributed by atoms with Crippen LogP contribution in [0.2, 0.25) is 0 Å². The minimum atomic E-state index is -3.35. The molecule has 0 fully saturated rings. The first-order chi connectivity index (χ1) is 8.27. The first kappa shape index (κ1) is 15.8. The van der Waals surface area contributed by atoms with Crippen LogP contribution in [-0.4, -0.2) is 19.3 Å². The Bertz CT molecular complexity index is 408. The molecule has 0 bridgehead atoms. The van der Waals surface area contributed by atoms with Gasteiger partial charge in [-0.25, -0.2) is 0 Å². The molecule has 3 nitrogen and oxygen atoms in total. The number of rotatable bonds is 5. The average Bonchev–Trinajstić information content (AvgIpc) is 2.27. The second-order valence-electron chi connectivity index (χ2n) is 3.90. The first-order valence-corrected chi connectivity index (χ1v) is 10.1. The topological polar surface area (TPSA) is 35.5 Å². The van der Waals surface area contributed by atoms with E-state index in [0.29, 0.717) is 0 Å². The molecule has 18 heavy (non-hydrogen) atoms. The van der Waals surface area contributed by atoms with E-state index in [1.54, 1.807) is 6.92 Å². The van der Waals surface area contributed by atoms with E-state index in [4.69, 9.17) is 37.7 Å². The number of carbonyl (C=O) groups is 1. The van der Waals surface area contributed by atoms with Crippen LogP contribution in [0.4, 0.5) is 0 Å². The number of benzene rings is 1. The summed E-state index contributed by atoms with van der Waals surface area (Å²) in [7, 11) is 1.31. The highest BCUT2D eigenvalue weighted by Gasteiger charge is 2.41. The molecule has 0 saturated heterocycles. The van der Waals surface area contributed by atoms with E-state index in [0.717, 1.165) is 5.56 Å². The average molecular weight is 328 g/mol. The summed E-state index contributed by atoms with van der Waals surface area (Å²) in [6.45, 7) is 1.70. The third-order valence-corrected chi connectivity index (χ3v) is 3.81. The first-order valence-electron chi connectivity index (χ1n) is 5.16. The number of esters is 1. The van der Waals surface area contributed by atoms with Crippen molar-refractivity contribution in [1.82, 2.24) is 0 Å². The highest BCUT2D eigenvalue weighted by molar-refractivity contribution is 7.62. The standard InChI is InChI=1S/C11H13Cl3O3Si/c1-11(8-10(15)16-2,17-18(12,13)14)9-6-4-3-5-7-9/h3-7H,8H2,1-2H3. The van der Waals surface area contributed by atoms with Gasteiger partial charge >= 0.3 is 12.2 Å². The van der Waals surface area contributed by atoms with Gasteiger partial charge in [0.05, 0.1) is 19.1 Å². The Hall–Kier alpha value is -0.263. The second-order valence-corrected chi connectivity index (χ2v) is 11.5. The second kappa shape index (κ2) is 6.26. The SMILES string of the molecule is COC(=O)CC(C)(O[Si](Cl)(Cl)Cl)c1ccccc1. The van der Waals surface area contributed by atoms with Gasteiger partial charge in [-0.1, -0.05) is 63.6 Å². The van der Waals surface area contributed by atoms with Gasteiger partial charge in [-0.05, 0) is 12.5 Å². The third-order valence-electron chi connectivity index (χ3n) is 2.43. The number of ether oxygens (including phenoxy) is 1. The molecule has 0 aliphatic heterocycles. The van der Waals surface area contributed by atoms with Crippen LogP contribution in [0.3, 0.4) is 0 Å². The maximum Gasteiger partial charge on any atom is 0.494 e. The summed E-state index contributed by atoms with van der Waals surface area (Å²) < 4.78 is 10.2. The highest BCUT2D eigenvalue weighted by atomic mass is 35.8. The van der Waals surface area contributed by atoms with Crippen molar-refractivity contribution in [3.05, 3.63) is 35.9 Å². The molecule has 0 radical (unpaired) electrons. The molecule has 0 aromatic heterocycles. The molecule has 0 saturated carbocycles. The lowest BCUT2D eigenvalue weighted by Crippen LogP contribution is -2.36. The van der Waals surface area contributed by atoms with Crippen LogP contribution in [-0.2, 0) is 19.6 Å². The normalized spacial score (nSPS) is 14.9. The molecular weight excluding hydrogens is 315 g/mol. The summed E-state index contributed by atoms with van der Waals surface area (Å²) in [4.78, 5) is 11.5. The van der Waals surface area contributed by atoms with Crippen molar-refractivity contribution >= 4 is 45.5 Å². The van der Waals surface area contributed by atoms with Gasteiger partial charge in [0.1, 0.15) is 0 Å². The van der Waals surface area contributed by atoms with Crippen molar-refractivity contribution in [1.29, 1.82) is 0 Å². The lowest BCUT2D eigenvalue weighted by atomic mass is 9.93. The predicted molar refractivity (Wildman–Crippen MR) is 74.8 cm³/mol. The van der Waals surface area contributed by atoms with Crippen LogP contribution < -0.4 is 0 Å². The summed E-state index contributed by atoms with van der Waals surface area (Å²) in [5, 5.41) is 0. The van der Waals surface area contributed by atoms with Crippen molar-refractivity contribution in [3.63, 3.8) is 0 Å². The van der Waals surface area contributed by atoms with Crippen molar-refractivity contribution in [3.8, 4) is 0 Å². The van der Waals surface area contributed by atoms with E-state index >= 15 is 0 Å².